The van der Waals surface area contributed by atoms with Gasteiger partial charge >= 0.3 is 0 Å². The van der Waals surface area contributed by atoms with Gasteiger partial charge in [-0.15, -0.1) is 0 Å². The molecule has 0 aliphatic carbocycles. The zero-order valence-electron chi connectivity index (χ0n) is 12.5. The van der Waals surface area contributed by atoms with Crippen LogP contribution >= 0.6 is 0 Å². The van der Waals surface area contributed by atoms with Gasteiger partial charge in [-0.3, -0.25) is 9.48 Å². The van der Waals surface area contributed by atoms with E-state index < -0.39 is 5.41 Å². The molecule has 0 saturated heterocycles. The number of carbonyl (C=O) groups excluding carboxylic acids is 1. The van der Waals surface area contributed by atoms with Crippen LogP contribution in [0.15, 0.2) is 6.07 Å². The molecule has 0 spiro atoms. The molecule has 0 aliphatic heterocycles. The molecule has 2 aromatic heterocycles. The molecule has 0 aliphatic rings. The van der Waals surface area contributed by atoms with E-state index >= 15 is 0 Å². The number of aliphatic hydroxyl groups is 1. The van der Waals surface area contributed by atoms with Gasteiger partial charge in [0.15, 0.2) is 5.65 Å². The molecular formula is C14H20N4O2. The van der Waals surface area contributed by atoms with E-state index in [9.17, 15) is 9.90 Å². The number of carbonyl (C=O) groups is 1. The highest BCUT2D eigenvalue weighted by Gasteiger charge is 2.27. The SMILES string of the molecule is Cc1nc2c(cc1NC(=O)C(C)(C)CO)c(C)nn2C. The van der Waals surface area contributed by atoms with E-state index in [1.807, 2.05) is 27.0 Å². The third kappa shape index (κ3) is 2.38. The van der Waals surface area contributed by atoms with Crippen molar-refractivity contribution in [1.29, 1.82) is 0 Å². The zero-order chi connectivity index (χ0) is 15.1. The summed E-state index contributed by atoms with van der Waals surface area (Å²) >= 11 is 0. The minimum atomic E-state index is -0.828. The van der Waals surface area contributed by atoms with Gasteiger partial charge in [0.2, 0.25) is 5.91 Å². The number of nitrogens with one attached hydrogen (secondary N) is 1. The summed E-state index contributed by atoms with van der Waals surface area (Å²) in [6, 6.07) is 1.88. The van der Waals surface area contributed by atoms with Gasteiger partial charge in [0.1, 0.15) is 0 Å². The predicted octanol–water partition coefficient (Wildman–Crippen LogP) is 1.54. The number of nitrogens with zero attached hydrogens (tertiary/aromatic N) is 3. The van der Waals surface area contributed by atoms with Crippen LogP contribution in [-0.4, -0.2) is 32.4 Å². The molecule has 0 fully saturated rings. The van der Waals surface area contributed by atoms with Crippen molar-refractivity contribution in [2.75, 3.05) is 11.9 Å². The van der Waals surface area contributed by atoms with E-state index in [4.69, 9.17) is 0 Å². The van der Waals surface area contributed by atoms with Crippen molar-refractivity contribution in [3.8, 4) is 0 Å². The largest absolute Gasteiger partial charge is 0.395 e. The van der Waals surface area contributed by atoms with Crippen LogP contribution in [0, 0.1) is 19.3 Å². The van der Waals surface area contributed by atoms with Gasteiger partial charge in [0.05, 0.1) is 29.1 Å². The lowest BCUT2D eigenvalue weighted by atomic mass is 9.93. The number of amides is 1. The zero-order valence-corrected chi connectivity index (χ0v) is 12.5. The number of aryl methyl sites for hydroxylation is 3. The number of fused-ring (bicyclic) bond motifs is 1. The average Bonchev–Trinajstić information content (AvgIpc) is 2.65. The summed E-state index contributed by atoms with van der Waals surface area (Å²) in [5, 5.41) is 17.3. The second-order valence-corrected chi connectivity index (χ2v) is 5.70. The highest BCUT2D eigenvalue weighted by atomic mass is 16.3. The molecule has 2 N–H and O–H groups in total. The van der Waals surface area contributed by atoms with Crippen LogP contribution in [-0.2, 0) is 11.8 Å². The van der Waals surface area contributed by atoms with E-state index in [0.717, 1.165) is 22.4 Å². The fourth-order valence-electron chi connectivity index (χ4n) is 1.92. The van der Waals surface area contributed by atoms with E-state index in [1.165, 1.54) is 0 Å². The Labute approximate surface area is 117 Å². The Morgan fingerprint density at radius 1 is 1.40 bits per heavy atom. The lowest BCUT2D eigenvalue weighted by Crippen LogP contribution is -2.34. The quantitative estimate of drug-likeness (QED) is 0.891. The van der Waals surface area contributed by atoms with Gasteiger partial charge in [-0.25, -0.2) is 4.98 Å². The van der Waals surface area contributed by atoms with Crippen molar-refractivity contribution in [1.82, 2.24) is 14.8 Å². The van der Waals surface area contributed by atoms with Gasteiger partial charge in [-0.2, -0.15) is 5.10 Å². The summed E-state index contributed by atoms with van der Waals surface area (Å²) in [5.41, 5.74) is 2.21. The van der Waals surface area contributed by atoms with Gasteiger partial charge in [0.25, 0.3) is 0 Å². The van der Waals surface area contributed by atoms with Crippen LogP contribution in [0.25, 0.3) is 11.0 Å². The molecule has 1 amide bonds. The Balaban J connectivity index is 2.43. The third-order valence-corrected chi connectivity index (χ3v) is 3.45. The van der Waals surface area contributed by atoms with Crippen molar-refractivity contribution in [2.45, 2.75) is 27.7 Å². The Bertz CT molecular complexity index is 673. The Kier molecular flexibility index (Phi) is 3.52. The maximum atomic E-state index is 12.1. The van der Waals surface area contributed by atoms with Crippen LogP contribution in [0.1, 0.15) is 25.2 Å². The Hall–Kier alpha value is -1.95. The molecule has 6 heteroatoms. The highest BCUT2D eigenvalue weighted by molar-refractivity contribution is 5.97. The third-order valence-electron chi connectivity index (χ3n) is 3.45. The molecular weight excluding hydrogens is 256 g/mol. The first-order valence-electron chi connectivity index (χ1n) is 6.49. The van der Waals surface area contributed by atoms with Gasteiger partial charge in [-0.1, -0.05) is 0 Å². The number of anilines is 1. The molecule has 0 radical (unpaired) electrons. The second-order valence-electron chi connectivity index (χ2n) is 5.70. The van der Waals surface area contributed by atoms with E-state index in [2.05, 4.69) is 15.4 Å². The number of aromatic nitrogens is 3. The molecule has 0 bridgehead atoms. The van der Waals surface area contributed by atoms with Gasteiger partial charge < -0.3 is 10.4 Å². The molecule has 0 aromatic carbocycles. The normalized spacial score (nSPS) is 11.9. The van der Waals surface area contributed by atoms with E-state index in [0.29, 0.717) is 5.69 Å². The number of hydrogen-bond acceptors (Lipinski definition) is 4. The van der Waals surface area contributed by atoms with Crippen LogP contribution in [0.2, 0.25) is 0 Å². The lowest BCUT2D eigenvalue weighted by Gasteiger charge is -2.21. The van der Waals surface area contributed by atoms with E-state index in [-0.39, 0.29) is 12.5 Å². The summed E-state index contributed by atoms with van der Waals surface area (Å²) in [7, 11) is 1.84. The molecule has 2 heterocycles. The first-order chi connectivity index (χ1) is 9.26. The average molecular weight is 276 g/mol. The summed E-state index contributed by atoms with van der Waals surface area (Å²) in [5.74, 6) is -0.231. The van der Waals surface area contributed by atoms with Crippen LogP contribution < -0.4 is 5.32 Å². The molecule has 0 saturated carbocycles. The first kappa shape index (κ1) is 14.5. The van der Waals surface area contributed by atoms with Crippen LogP contribution in [0.5, 0.6) is 0 Å². The van der Waals surface area contributed by atoms with Crippen LogP contribution in [0.4, 0.5) is 5.69 Å². The van der Waals surface area contributed by atoms with Crippen molar-refractivity contribution in [3.05, 3.63) is 17.5 Å². The number of rotatable bonds is 3. The highest BCUT2D eigenvalue weighted by Crippen LogP contribution is 2.24. The minimum absolute atomic E-state index is 0.209. The maximum absolute atomic E-state index is 12.1. The lowest BCUT2D eigenvalue weighted by molar-refractivity contribution is -0.125. The molecule has 0 unspecified atom stereocenters. The van der Waals surface area contributed by atoms with Crippen LogP contribution in [0.3, 0.4) is 0 Å². The summed E-state index contributed by atoms with van der Waals surface area (Å²) in [6.45, 7) is 6.92. The smallest absolute Gasteiger partial charge is 0.232 e. The van der Waals surface area contributed by atoms with Gasteiger partial charge in [-0.05, 0) is 33.8 Å². The van der Waals surface area contributed by atoms with Gasteiger partial charge in [0, 0.05) is 12.4 Å². The monoisotopic (exact) mass is 276 g/mol. The molecule has 20 heavy (non-hydrogen) atoms. The van der Waals surface area contributed by atoms with Crippen molar-refractivity contribution >= 4 is 22.6 Å². The molecule has 0 atom stereocenters. The second kappa shape index (κ2) is 4.86. The maximum Gasteiger partial charge on any atom is 0.232 e. The Morgan fingerprint density at radius 3 is 2.65 bits per heavy atom. The first-order valence-corrected chi connectivity index (χ1v) is 6.49. The number of aliphatic hydroxyl groups excluding tert-OH is 1. The fraction of sp³-hybridized carbons (Fsp3) is 0.500. The summed E-state index contributed by atoms with van der Waals surface area (Å²) < 4.78 is 1.72. The Morgan fingerprint density at radius 2 is 2.05 bits per heavy atom. The predicted molar refractivity (Wildman–Crippen MR) is 77.5 cm³/mol. The topological polar surface area (TPSA) is 80.0 Å². The summed E-state index contributed by atoms with van der Waals surface area (Å²) in [6.07, 6.45) is 0. The fourth-order valence-corrected chi connectivity index (χ4v) is 1.92. The van der Waals surface area contributed by atoms with E-state index in [1.54, 1.807) is 18.5 Å². The van der Waals surface area contributed by atoms with Crippen molar-refractivity contribution < 1.29 is 9.90 Å². The molecule has 2 aromatic rings. The molecule has 108 valence electrons. The standard InChI is InChI=1S/C14H20N4O2/c1-8-10-6-11(16-13(20)14(3,4)7-19)9(2)15-12(10)18(5)17-8/h6,19H,7H2,1-5H3,(H,16,20). The van der Waals surface area contributed by atoms with Crippen molar-refractivity contribution in [2.24, 2.45) is 12.5 Å². The summed E-state index contributed by atoms with van der Waals surface area (Å²) in [4.78, 5) is 16.6. The number of hydrogen-bond donors (Lipinski definition) is 2. The van der Waals surface area contributed by atoms with Crippen molar-refractivity contribution in [3.63, 3.8) is 0 Å². The minimum Gasteiger partial charge on any atom is -0.395 e. The molecule has 6 nitrogen and oxygen atoms in total. The number of pyridine rings is 1. The molecule has 2 rings (SSSR count).